The second kappa shape index (κ2) is 3.58. The first kappa shape index (κ1) is 11.1. The monoisotopic (exact) mass is 248 g/mol. The number of rotatable bonds is 2. The Hall–Kier alpha value is -0.380. The van der Waals surface area contributed by atoms with Gasteiger partial charge in [0.1, 0.15) is 0 Å². The molecule has 0 aromatic heterocycles. The number of hydrogen-bond acceptors (Lipinski definition) is 2. The highest BCUT2D eigenvalue weighted by Gasteiger charge is 2.42. The molecule has 0 heterocycles. The van der Waals surface area contributed by atoms with Crippen molar-refractivity contribution in [1.29, 1.82) is 0 Å². The third-order valence-corrected chi connectivity index (χ3v) is 3.53. The van der Waals surface area contributed by atoms with E-state index in [0.717, 1.165) is 5.56 Å². The quantitative estimate of drug-likeness (QED) is 0.622. The highest BCUT2D eigenvalue weighted by atomic mass is 35.5. The number of benzene rings is 1. The first-order chi connectivity index (χ1) is 6.91. The predicted molar refractivity (Wildman–Crippen MR) is 55.4 cm³/mol. The molecule has 6 heteroatoms. The third kappa shape index (κ3) is 2.25. The number of phosphoric acid groups is 1. The summed E-state index contributed by atoms with van der Waals surface area (Å²) in [4.78, 5) is 17.5. The summed E-state index contributed by atoms with van der Waals surface area (Å²) in [5.41, 5.74) is 1.62. The maximum atomic E-state index is 10.8. The van der Waals surface area contributed by atoms with Crippen molar-refractivity contribution in [3.8, 4) is 0 Å². The fourth-order valence-corrected chi connectivity index (χ4v) is 2.93. The average Bonchev–Trinajstić information content (AvgIpc) is 2.42. The molecule has 1 aromatic carbocycles. The molecule has 0 spiro atoms. The lowest BCUT2D eigenvalue weighted by molar-refractivity contribution is 0.102. The highest BCUT2D eigenvalue weighted by Crippen LogP contribution is 2.53. The van der Waals surface area contributed by atoms with Crippen LogP contribution >= 0.6 is 19.4 Å². The molecular weight excluding hydrogens is 239 g/mol. The van der Waals surface area contributed by atoms with Crippen molar-refractivity contribution < 1.29 is 18.9 Å². The Kier molecular flexibility index (Phi) is 2.65. The number of hydrogen-bond donors (Lipinski definition) is 2. The van der Waals surface area contributed by atoms with Crippen molar-refractivity contribution in [2.24, 2.45) is 0 Å². The second-order valence-corrected chi connectivity index (χ2v) is 5.24. The fraction of sp³-hybridized carbons (Fsp3) is 0.333. The minimum atomic E-state index is -4.57. The maximum Gasteiger partial charge on any atom is 0.471 e. The van der Waals surface area contributed by atoms with E-state index in [1.807, 2.05) is 12.1 Å². The number of phosphoric ester groups is 1. The van der Waals surface area contributed by atoms with Crippen LogP contribution in [0.3, 0.4) is 0 Å². The molecule has 2 rings (SSSR count). The lowest BCUT2D eigenvalue weighted by atomic mass is 10.1. The Balaban J connectivity index is 2.37. The van der Waals surface area contributed by atoms with E-state index >= 15 is 0 Å². The van der Waals surface area contributed by atoms with Gasteiger partial charge in [-0.1, -0.05) is 35.9 Å². The topological polar surface area (TPSA) is 66.8 Å². The van der Waals surface area contributed by atoms with E-state index < -0.39 is 12.9 Å². The molecule has 0 radical (unpaired) electrons. The summed E-state index contributed by atoms with van der Waals surface area (Å²) in [7, 11) is -4.57. The van der Waals surface area contributed by atoms with E-state index in [1.165, 1.54) is 0 Å². The van der Waals surface area contributed by atoms with Crippen LogP contribution in [0.25, 0.3) is 0 Å². The molecule has 1 unspecified atom stereocenters. The van der Waals surface area contributed by atoms with Crippen molar-refractivity contribution in [3.05, 3.63) is 35.4 Å². The summed E-state index contributed by atoms with van der Waals surface area (Å²) in [6, 6.07) is 7.23. The van der Waals surface area contributed by atoms with Crippen molar-refractivity contribution in [3.63, 3.8) is 0 Å². The summed E-state index contributed by atoms with van der Waals surface area (Å²) in [6.45, 7) is 0. The molecule has 0 bridgehead atoms. The van der Waals surface area contributed by atoms with Gasteiger partial charge in [-0.15, -0.1) is 0 Å². The molecule has 82 valence electrons. The second-order valence-electron chi connectivity index (χ2n) is 3.47. The van der Waals surface area contributed by atoms with E-state index in [9.17, 15) is 4.57 Å². The zero-order chi connectivity index (χ0) is 11.1. The standard InChI is InChI=1S/C9H10ClO4P/c10-9(14-15(11,12)13)6-5-7-3-1-2-4-8(7)9/h1-4H,5-6H2,(H2,11,12,13). The lowest BCUT2D eigenvalue weighted by Gasteiger charge is -2.23. The van der Waals surface area contributed by atoms with Gasteiger partial charge in [-0.2, -0.15) is 0 Å². The van der Waals surface area contributed by atoms with Crippen LogP contribution in [0.2, 0.25) is 0 Å². The van der Waals surface area contributed by atoms with Crippen LogP contribution in [-0.4, -0.2) is 9.79 Å². The molecule has 0 amide bonds. The van der Waals surface area contributed by atoms with Crippen molar-refractivity contribution in [2.45, 2.75) is 17.9 Å². The van der Waals surface area contributed by atoms with Crippen molar-refractivity contribution in [1.82, 2.24) is 0 Å². The Morgan fingerprint density at radius 1 is 1.40 bits per heavy atom. The minimum absolute atomic E-state index is 0.374. The lowest BCUT2D eigenvalue weighted by Crippen LogP contribution is -2.17. The van der Waals surface area contributed by atoms with Gasteiger partial charge >= 0.3 is 7.82 Å². The summed E-state index contributed by atoms with van der Waals surface area (Å²) in [5.74, 6) is 0. The molecule has 0 saturated carbocycles. The van der Waals surface area contributed by atoms with Crippen LogP contribution in [0.1, 0.15) is 17.5 Å². The Morgan fingerprint density at radius 2 is 2.07 bits per heavy atom. The first-order valence-electron chi connectivity index (χ1n) is 4.44. The van der Waals surface area contributed by atoms with E-state index in [4.69, 9.17) is 21.4 Å². The van der Waals surface area contributed by atoms with Gasteiger partial charge in [-0.3, -0.25) is 4.52 Å². The zero-order valence-corrected chi connectivity index (χ0v) is 9.41. The first-order valence-corrected chi connectivity index (χ1v) is 6.35. The van der Waals surface area contributed by atoms with E-state index in [2.05, 4.69) is 4.52 Å². The number of aryl methyl sites for hydroxylation is 1. The van der Waals surface area contributed by atoms with Gasteiger partial charge in [-0.05, 0) is 18.4 Å². The molecule has 4 nitrogen and oxygen atoms in total. The van der Waals surface area contributed by atoms with Crippen molar-refractivity contribution in [2.75, 3.05) is 0 Å². The van der Waals surface area contributed by atoms with Gasteiger partial charge in [-0.25, -0.2) is 4.57 Å². The van der Waals surface area contributed by atoms with Crippen LogP contribution in [0.5, 0.6) is 0 Å². The smallest absolute Gasteiger partial charge is 0.303 e. The summed E-state index contributed by atoms with van der Waals surface area (Å²) < 4.78 is 15.4. The predicted octanol–water partition coefficient (Wildman–Crippen LogP) is 2.13. The van der Waals surface area contributed by atoms with E-state index in [-0.39, 0.29) is 0 Å². The summed E-state index contributed by atoms with van der Waals surface area (Å²) in [6.07, 6.45) is 1.04. The Labute approximate surface area is 92.1 Å². The van der Waals surface area contributed by atoms with Gasteiger partial charge in [0.2, 0.25) is 0 Å². The average molecular weight is 249 g/mol. The Morgan fingerprint density at radius 3 is 2.73 bits per heavy atom. The normalized spacial score (nSPS) is 25.3. The van der Waals surface area contributed by atoms with Crippen LogP contribution in [0.4, 0.5) is 0 Å². The molecule has 1 aliphatic rings. The van der Waals surface area contributed by atoms with Crippen LogP contribution in [0, 0.1) is 0 Å². The van der Waals surface area contributed by atoms with E-state index in [1.54, 1.807) is 12.1 Å². The van der Waals surface area contributed by atoms with E-state index in [0.29, 0.717) is 18.4 Å². The molecule has 0 saturated heterocycles. The van der Waals surface area contributed by atoms with Gasteiger partial charge < -0.3 is 9.79 Å². The van der Waals surface area contributed by atoms with Crippen LogP contribution < -0.4 is 0 Å². The zero-order valence-electron chi connectivity index (χ0n) is 7.76. The SMILES string of the molecule is O=P(O)(O)OC1(Cl)CCc2ccccc21. The fourth-order valence-electron chi connectivity index (χ4n) is 1.82. The molecule has 15 heavy (non-hydrogen) atoms. The number of fused-ring (bicyclic) bond motifs is 1. The molecular formula is C9H10ClO4P. The summed E-state index contributed by atoms with van der Waals surface area (Å²) >= 11 is 6.07. The van der Waals surface area contributed by atoms with Gasteiger partial charge in [0.05, 0.1) is 0 Å². The molecule has 0 aliphatic heterocycles. The van der Waals surface area contributed by atoms with Crippen LogP contribution in [0.15, 0.2) is 24.3 Å². The highest BCUT2D eigenvalue weighted by molar-refractivity contribution is 7.46. The third-order valence-electron chi connectivity index (χ3n) is 2.40. The number of alkyl halides is 1. The Bertz CT molecular complexity index is 430. The number of halogens is 1. The molecule has 1 atom stereocenters. The molecule has 2 N–H and O–H groups in total. The van der Waals surface area contributed by atoms with Crippen LogP contribution in [-0.2, 0) is 20.6 Å². The van der Waals surface area contributed by atoms with Gasteiger partial charge in [0.15, 0.2) is 5.06 Å². The molecule has 0 fully saturated rings. The molecule has 1 aromatic rings. The minimum Gasteiger partial charge on any atom is -0.303 e. The van der Waals surface area contributed by atoms with Gasteiger partial charge in [0, 0.05) is 5.56 Å². The largest absolute Gasteiger partial charge is 0.471 e. The summed E-state index contributed by atoms with van der Waals surface area (Å²) in [5, 5.41) is -1.38. The van der Waals surface area contributed by atoms with Crippen molar-refractivity contribution >= 4 is 19.4 Å². The van der Waals surface area contributed by atoms with Gasteiger partial charge in [0.25, 0.3) is 0 Å². The molecule has 1 aliphatic carbocycles. The maximum absolute atomic E-state index is 10.8.